The van der Waals surface area contributed by atoms with Gasteiger partial charge in [0.05, 0.1) is 12.1 Å². The number of rotatable bonds is 2. The molecule has 11 heteroatoms. The molecule has 1 aliphatic heterocycles. The quantitative estimate of drug-likeness (QED) is 0.524. The summed E-state index contributed by atoms with van der Waals surface area (Å²) in [5.74, 6) is -0.470. The molecule has 0 radical (unpaired) electrons. The second-order valence-corrected chi connectivity index (χ2v) is 6.92. The number of nitrogens with two attached hydrogens (primary N) is 1. The number of aliphatic hydroxyl groups is 1. The third-order valence-electron chi connectivity index (χ3n) is 4.98. The summed E-state index contributed by atoms with van der Waals surface area (Å²) in [7, 11) is 0. The van der Waals surface area contributed by atoms with Gasteiger partial charge >= 0.3 is 6.18 Å². The molecule has 0 amide bonds. The molecular formula is C19H14F3N7O. The maximum Gasteiger partial charge on any atom is 0.438 e. The van der Waals surface area contributed by atoms with Crippen LogP contribution in [0.15, 0.2) is 60.0 Å². The van der Waals surface area contributed by atoms with Crippen molar-refractivity contribution in [1.82, 2.24) is 19.6 Å². The predicted octanol–water partition coefficient (Wildman–Crippen LogP) is 2.73. The third-order valence-corrected chi connectivity index (χ3v) is 4.98. The van der Waals surface area contributed by atoms with Gasteiger partial charge in [0.15, 0.2) is 5.65 Å². The van der Waals surface area contributed by atoms with Crippen molar-refractivity contribution in [2.45, 2.75) is 18.3 Å². The summed E-state index contributed by atoms with van der Waals surface area (Å²) in [6.07, 6.45) is -4.67. The Hall–Kier alpha value is -3.73. The molecule has 1 aliphatic rings. The zero-order valence-electron chi connectivity index (χ0n) is 15.2. The minimum Gasteiger partial charge on any atom is -0.383 e. The average Bonchev–Trinajstić information content (AvgIpc) is 3.31. The van der Waals surface area contributed by atoms with Crippen molar-refractivity contribution in [2.75, 3.05) is 10.7 Å². The molecule has 2 aromatic heterocycles. The second-order valence-electron chi connectivity index (χ2n) is 6.92. The number of benzene rings is 2. The van der Waals surface area contributed by atoms with E-state index in [0.717, 1.165) is 21.6 Å². The fourth-order valence-electron chi connectivity index (χ4n) is 3.47. The number of fused-ring (bicyclic) bond motifs is 2. The van der Waals surface area contributed by atoms with E-state index < -0.39 is 24.3 Å². The van der Waals surface area contributed by atoms with Crippen LogP contribution in [-0.2, 0) is 0 Å². The monoisotopic (exact) mass is 413 g/mol. The van der Waals surface area contributed by atoms with Gasteiger partial charge < -0.3 is 10.8 Å². The first-order valence-corrected chi connectivity index (χ1v) is 8.88. The molecule has 1 atom stereocenters. The molecular weight excluding hydrogens is 399 g/mol. The molecule has 5 rings (SSSR count). The van der Waals surface area contributed by atoms with Gasteiger partial charge in [0.25, 0.3) is 11.7 Å². The van der Waals surface area contributed by atoms with Crippen LogP contribution in [0, 0.1) is 0 Å². The topological polar surface area (TPSA) is 105 Å². The van der Waals surface area contributed by atoms with Crippen molar-refractivity contribution in [2.24, 2.45) is 5.10 Å². The number of hydrazone groups is 1. The maximum absolute atomic E-state index is 14.0. The van der Waals surface area contributed by atoms with E-state index in [-0.39, 0.29) is 17.2 Å². The first-order chi connectivity index (χ1) is 14.3. The van der Waals surface area contributed by atoms with E-state index in [9.17, 15) is 18.3 Å². The van der Waals surface area contributed by atoms with Crippen LogP contribution in [0.1, 0.15) is 12.0 Å². The molecule has 0 fully saturated rings. The highest BCUT2D eigenvalue weighted by molar-refractivity contribution is 6.06. The zero-order valence-corrected chi connectivity index (χ0v) is 15.2. The first kappa shape index (κ1) is 18.3. The van der Waals surface area contributed by atoms with Crippen LogP contribution in [-0.4, -0.2) is 42.3 Å². The van der Waals surface area contributed by atoms with Gasteiger partial charge in [-0.3, -0.25) is 0 Å². The van der Waals surface area contributed by atoms with Crippen LogP contribution in [0.25, 0.3) is 16.4 Å². The highest BCUT2D eigenvalue weighted by Gasteiger charge is 2.63. The van der Waals surface area contributed by atoms with Crippen molar-refractivity contribution in [3.63, 3.8) is 0 Å². The molecule has 4 aromatic rings. The minimum atomic E-state index is -5.03. The summed E-state index contributed by atoms with van der Waals surface area (Å²) in [5, 5.41) is 20.9. The Morgan fingerprint density at radius 2 is 1.83 bits per heavy atom. The summed E-state index contributed by atoms with van der Waals surface area (Å²) in [5.41, 5.74) is 3.09. The first-order valence-electron chi connectivity index (χ1n) is 8.88. The van der Waals surface area contributed by atoms with Crippen LogP contribution >= 0.6 is 0 Å². The maximum atomic E-state index is 14.0. The summed E-state index contributed by atoms with van der Waals surface area (Å²) >= 11 is 0. The van der Waals surface area contributed by atoms with Gasteiger partial charge in [-0.2, -0.15) is 37.9 Å². The van der Waals surface area contributed by atoms with Gasteiger partial charge in [0.2, 0.25) is 0 Å². The van der Waals surface area contributed by atoms with Gasteiger partial charge in [-0.25, -0.2) is 4.98 Å². The Kier molecular flexibility index (Phi) is 3.74. The molecule has 152 valence electrons. The Morgan fingerprint density at radius 1 is 1.07 bits per heavy atom. The standard InChI is InChI=1S/C19H14F3N7O/c20-19(21,22)18(30)9-14(13-6-5-11-3-1-2-4-12(11)7-13)27-29(18)17-26-15(23)8-16-24-10-25-28(16)17/h1-8,10,30H,9,23H2/t18-/m1/s1. The number of hydrogen-bond donors (Lipinski definition) is 2. The summed E-state index contributed by atoms with van der Waals surface area (Å²) in [4.78, 5) is 7.87. The molecule has 0 spiro atoms. The number of nitrogens with zero attached hydrogens (tertiary/aromatic N) is 6. The van der Waals surface area contributed by atoms with Crippen molar-refractivity contribution in [3.8, 4) is 0 Å². The van der Waals surface area contributed by atoms with Crippen molar-refractivity contribution in [1.29, 1.82) is 0 Å². The summed E-state index contributed by atoms with van der Waals surface area (Å²) in [6.45, 7) is 0. The lowest BCUT2D eigenvalue weighted by Crippen LogP contribution is -2.55. The molecule has 2 aromatic carbocycles. The Bertz CT molecular complexity index is 1320. The van der Waals surface area contributed by atoms with Gasteiger partial charge in [-0.15, -0.1) is 0 Å². The molecule has 0 aliphatic carbocycles. The van der Waals surface area contributed by atoms with Crippen LogP contribution < -0.4 is 10.7 Å². The van der Waals surface area contributed by atoms with E-state index in [2.05, 4.69) is 20.2 Å². The lowest BCUT2D eigenvalue weighted by atomic mass is 9.98. The van der Waals surface area contributed by atoms with E-state index in [4.69, 9.17) is 5.73 Å². The van der Waals surface area contributed by atoms with E-state index in [1.165, 1.54) is 6.07 Å². The van der Waals surface area contributed by atoms with E-state index >= 15 is 0 Å². The SMILES string of the molecule is Nc1cc2ncnn2c(N2N=C(c3ccc4ccccc4c3)C[C@@]2(O)C(F)(F)F)n1. The molecule has 3 heterocycles. The molecule has 0 unspecified atom stereocenters. The third kappa shape index (κ3) is 2.66. The normalized spacial score (nSPS) is 19.6. The van der Waals surface area contributed by atoms with Crippen LogP contribution in [0.5, 0.6) is 0 Å². The highest BCUT2D eigenvalue weighted by atomic mass is 19.4. The lowest BCUT2D eigenvalue weighted by molar-refractivity contribution is -0.254. The van der Waals surface area contributed by atoms with Gasteiger partial charge in [-0.05, 0) is 22.4 Å². The zero-order chi connectivity index (χ0) is 21.1. The fourth-order valence-corrected chi connectivity index (χ4v) is 3.47. The number of hydrogen-bond acceptors (Lipinski definition) is 7. The molecule has 0 bridgehead atoms. The lowest BCUT2D eigenvalue weighted by Gasteiger charge is -2.33. The van der Waals surface area contributed by atoms with E-state index in [0.29, 0.717) is 10.6 Å². The number of alkyl halides is 3. The number of nitrogen functional groups attached to an aromatic ring is 1. The van der Waals surface area contributed by atoms with Crippen molar-refractivity contribution in [3.05, 3.63) is 60.4 Å². The van der Waals surface area contributed by atoms with E-state index in [1.807, 2.05) is 24.3 Å². The molecule has 3 N–H and O–H groups in total. The summed E-state index contributed by atoms with van der Waals surface area (Å²) in [6, 6.07) is 14.0. The van der Waals surface area contributed by atoms with Crippen molar-refractivity contribution >= 4 is 33.9 Å². The van der Waals surface area contributed by atoms with Crippen LogP contribution in [0.3, 0.4) is 0 Å². The van der Waals surface area contributed by atoms with Crippen molar-refractivity contribution < 1.29 is 18.3 Å². The van der Waals surface area contributed by atoms with Gasteiger partial charge in [-0.1, -0.05) is 36.4 Å². The molecule has 0 saturated carbocycles. The molecule has 8 nitrogen and oxygen atoms in total. The highest BCUT2D eigenvalue weighted by Crippen LogP contribution is 2.43. The number of aromatic nitrogens is 4. The Labute approximate surface area is 167 Å². The summed E-state index contributed by atoms with van der Waals surface area (Å²) < 4.78 is 43.0. The van der Waals surface area contributed by atoms with Crippen LogP contribution in [0.4, 0.5) is 24.9 Å². The smallest absolute Gasteiger partial charge is 0.383 e. The van der Waals surface area contributed by atoms with E-state index in [1.54, 1.807) is 18.2 Å². The van der Waals surface area contributed by atoms with Crippen LogP contribution in [0.2, 0.25) is 0 Å². The Balaban J connectivity index is 1.69. The largest absolute Gasteiger partial charge is 0.438 e. The second kappa shape index (κ2) is 6.13. The Morgan fingerprint density at radius 3 is 2.60 bits per heavy atom. The number of halogens is 3. The van der Waals surface area contributed by atoms with Gasteiger partial charge in [0.1, 0.15) is 12.1 Å². The molecule has 0 saturated heterocycles. The fraction of sp³-hybridized carbons (Fsp3) is 0.158. The molecule has 30 heavy (non-hydrogen) atoms. The van der Waals surface area contributed by atoms with Gasteiger partial charge in [0, 0.05) is 6.07 Å². The number of anilines is 2. The average molecular weight is 413 g/mol. The minimum absolute atomic E-state index is 0.0538. The predicted molar refractivity (Wildman–Crippen MR) is 104 cm³/mol.